The fourth-order valence-corrected chi connectivity index (χ4v) is 1.36. The molecule has 0 aliphatic heterocycles. The molecule has 0 atom stereocenters. The molecule has 5 heteroatoms. The number of benzene rings is 1. The largest absolute Gasteiger partial charge is 1.00 e. The van der Waals surface area contributed by atoms with Crippen LogP contribution in [0.4, 0.5) is 0 Å². The summed E-state index contributed by atoms with van der Waals surface area (Å²) >= 11 is 5.71. The summed E-state index contributed by atoms with van der Waals surface area (Å²) in [6.07, 6.45) is 0.152. The Bertz CT molecular complexity index is 480. The van der Waals surface area contributed by atoms with Gasteiger partial charge in [-0.15, -0.1) is 0 Å². The van der Waals surface area contributed by atoms with E-state index >= 15 is 0 Å². The van der Waals surface area contributed by atoms with Gasteiger partial charge in [-0.2, -0.15) is 5.26 Å². The Labute approximate surface area is 128 Å². The minimum absolute atomic E-state index is 0. The van der Waals surface area contributed by atoms with E-state index in [0.717, 1.165) is 5.56 Å². The van der Waals surface area contributed by atoms with E-state index in [1.54, 1.807) is 30.3 Å². The number of hydrogen-bond acceptors (Lipinski definition) is 3. The molecule has 0 spiro atoms. The van der Waals surface area contributed by atoms with Gasteiger partial charge in [-0.3, -0.25) is 4.79 Å². The Kier molecular flexibility index (Phi) is 7.17. The Morgan fingerprint density at radius 1 is 1.47 bits per heavy atom. The molecule has 3 nitrogen and oxygen atoms in total. The number of rotatable bonds is 3. The van der Waals surface area contributed by atoms with Crippen molar-refractivity contribution >= 4 is 17.4 Å². The molecule has 0 amide bonds. The van der Waals surface area contributed by atoms with Crippen LogP contribution in [0.15, 0.2) is 35.6 Å². The number of ketones is 1. The zero-order valence-electron chi connectivity index (χ0n) is 10.7. The van der Waals surface area contributed by atoms with Crippen LogP contribution < -0.4 is 29.6 Å². The number of halogens is 1. The van der Waals surface area contributed by atoms with Gasteiger partial charge in [-0.1, -0.05) is 23.7 Å². The third kappa shape index (κ3) is 4.93. The van der Waals surface area contributed by atoms with E-state index in [9.17, 15) is 9.90 Å². The normalized spacial score (nSPS) is 10.9. The SMILES string of the molecule is CC(=O)C(C#N)=C(O)Cc1ccc(Cl)cc1.[H-].[Na+]. The van der Waals surface area contributed by atoms with Gasteiger partial charge in [0.1, 0.15) is 17.4 Å². The topological polar surface area (TPSA) is 61.1 Å². The van der Waals surface area contributed by atoms with Gasteiger partial charge in [-0.05, 0) is 24.6 Å². The first-order chi connectivity index (χ1) is 7.54. The zero-order chi connectivity index (χ0) is 12.1. The van der Waals surface area contributed by atoms with Gasteiger partial charge in [0.15, 0.2) is 5.78 Å². The minimum Gasteiger partial charge on any atom is -1.00 e. The number of aliphatic hydroxyl groups excluding tert-OH is 1. The summed E-state index contributed by atoms with van der Waals surface area (Å²) in [5, 5.41) is 18.9. The van der Waals surface area contributed by atoms with Gasteiger partial charge >= 0.3 is 29.6 Å². The predicted molar refractivity (Wildman–Crippen MR) is 62.2 cm³/mol. The second kappa shape index (κ2) is 7.52. The number of nitriles is 1. The van der Waals surface area contributed by atoms with Crippen molar-refractivity contribution in [3.8, 4) is 6.07 Å². The fraction of sp³-hybridized carbons (Fsp3) is 0.167. The molecule has 0 bridgehead atoms. The standard InChI is InChI=1S/C12H10ClNO2.Na.H/c1-8(15)11(7-14)12(16)6-9-2-4-10(13)5-3-9;;/h2-5,16H,6H2,1H3;;/q;+1;-1. The van der Waals surface area contributed by atoms with Gasteiger partial charge < -0.3 is 6.53 Å². The minimum atomic E-state index is -0.436. The quantitative estimate of drug-likeness (QED) is 0.358. The summed E-state index contributed by atoms with van der Waals surface area (Å²) in [4.78, 5) is 11.0. The Hall–Kier alpha value is -0.790. The maximum absolute atomic E-state index is 11.0. The van der Waals surface area contributed by atoms with Crippen LogP contribution in [0, 0.1) is 11.3 Å². The number of carbonyl (C=O) groups is 1. The molecule has 0 unspecified atom stereocenters. The van der Waals surface area contributed by atoms with E-state index in [1.807, 2.05) is 0 Å². The van der Waals surface area contributed by atoms with Crippen molar-refractivity contribution in [2.75, 3.05) is 0 Å². The molecule has 1 N–H and O–H groups in total. The van der Waals surface area contributed by atoms with Crippen molar-refractivity contribution in [1.82, 2.24) is 0 Å². The van der Waals surface area contributed by atoms with Crippen LogP contribution in [0.25, 0.3) is 0 Å². The van der Waals surface area contributed by atoms with Crippen LogP contribution >= 0.6 is 11.6 Å². The molecule has 0 heterocycles. The molecule has 17 heavy (non-hydrogen) atoms. The molecular weight excluding hydrogens is 249 g/mol. The van der Waals surface area contributed by atoms with E-state index < -0.39 is 5.78 Å². The Morgan fingerprint density at radius 2 is 2.00 bits per heavy atom. The second-order valence-corrected chi connectivity index (χ2v) is 3.73. The monoisotopic (exact) mass is 259 g/mol. The summed E-state index contributed by atoms with van der Waals surface area (Å²) in [6.45, 7) is 1.25. The van der Waals surface area contributed by atoms with Crippen molar-refractivity contribution in [2.45, 2.75) is 13.3 Å². The molecular formula is C12H11ClNNaO2. The van der Waals surface area contributed by atoms with E-state index in [-0.39, 0.29) is 48.7 Å². The van der Waals surface area contributed by atoms with Crippen LogP contribution in [-0.4, -0.2) is 10.9 Å². The summed E-state index contributed by atoms with van der Waals surface area (Å²) in [5.74, 6) is -0.647. The van der Waals surface area contributed by atoms with Gasteiger partial charge in [0, 0.05) is 11.4 Å². The summed E-state index contributed by atoms with van der Waals surface area (Å²) < 4.78 is 0. The first-order valence-electron chi connectivity index (χ1n) is 4.62. The smallest absolute Gasteiger partial charge is 1.00 e. The number of nitrogens with zero attached hydrogens (tertiary/aromatic N) is 1. The maximum atomic E-state index is 11.0. The summed E-state index contributed by atoms with van der Waals surface area (Å²) in [5.41, 5.74) is 0.589. The molecule has 0 saturated heterocycles. The van der Waals surface area contributed by atoms with Crippen LogP contribution in [0.5, 0.6) is 0 Å². The summed E-state index contributed by atoms with van der Waals surface area (Å²) in [7, 11) is 0. The molecule has 0 aliphatic rings. The maximum Gasteiger partial charge on any atom is 1.00 e. The molecule has 84 valence electrons. The number of allylic oxidation sites excluding steroid dienone is 2. The van der Waals surface area contributed by atoms with Gasteiger partial charge in [0.2, 0.25) is 0 Å². The van der Waals surface area contributed by atoms with Crippen molar-refractivity contribution < 1.29 is 40.9 Å². The van der Waals surface area contributed by atoms with E-state index in [0.29, 0.717) is 5.02 Å². The van der Waals surface area contributed by atoms with Crippen molar-refractivity contribution in [2.24, 2.45) is 0 Å². The molecule has 1 aromatic carbocycles. The number of carbonyl (C=O) groups excluding carboxylic acids is 1. The molecule has 1 aromatic rings. The van der Waals surface area contributed by atoms with Crippen LogP contribution in [0.2, 0.25) is 5.02 Å². The first kappa shape index (κ1) is 16.2. The van der Waals surface area contributed by atoms with Crippen LogP contribution in [0.3, 0.4) is 0 Å². The van der Waals surface area contributed by atoms with Crippen LogP contribution in [0.1, 0.15) is 13.9 Å². The second-order valence-electron chi connectivity index (χ2n) is 3.29. The van der Waals surface area contributed by atoms with E-state index in [4.69, 9.17) is 16.9 Å². The molecule has 0 saturated carbocycles. The molecule has 0 aliphatic carbocycles. The third-order valence-electron chi connectivity index (χ3n) is 2.04. The van der Waals surface area contributed by atoms with Crippen LogP contribution in [-0.2, 0) is 11.2 Å². The Morgan fingerprint density at radius 3 is 2.41 bits per heavy atom. The van der Waals surface area contributed by atoms with Gasteiger partial charge in [0.25, 0.3) is 0 Å². The summed E-state index contributed by atoms with van der Waals surface area (Å²) in [6, 6.07) is 8.52. The van der Waals surface area contributed by atoms with Crippen molar-refractivity contribution in [3.05, 3.63) is 46.2 Å². The fourth-order valence-electron chi connectivity index (χ4n) is 1.23. The van der Waals surface area contributed by atoms with E-state index in [1.165, 1.54) is 6.92 Å². The third-order valence-corrected chi connectivity index (χ3v) is 2.29. The Balaban J connectivity index is 0. The number of aliphatic hydroxyl groups is 1. The molecule has 1 rings (SSSR count). The molecule has 0 radical (unpaired) electrons. The van der Waals surface area contributed by atoms with Crippen molar-refractivity contribution in [3.63, 3.8) is 0 Å². The van der Waals surface area contributed by atoms with E-state index in [2.05, 4.69) is 0 Å². The number of Topliss-reactive ketones (excluding diaryl/α,β-unsaturated/α-hetero) is 1. The average molecular weight is 260 g/mol. The van der Waals surface area contributed by atoms with Crippen molar-refractivity contribution in [1.29, 1.82) is 5.26 Å². The average Bonchev–Trinajstić information content (AvgIpc) is 2.22. The molecule has 0 fully saturated rings. The first-order valence-corrected chi connectivity index (χ1v) is 5.00. The predicted octanol–water partition coefficient (Wildman–Crippen LogP) is -0.0763. The number of hydrogen-bond donors (Lipinski definition) is 1. The van der Waals surface area contributed by atoms with Gasteiger partial charge in [0.05, 0.1) is 0 Å². The zero-order valence-corrected chi connectivity index (χ0v) is 12.5. The van der Waals surface area contributed by atoms with Gasteiger partial charge in [-0.25, -0.2) is 0 Å². The molecule has 0 aromatic heterocycles.